The normalized spacial score (nSPS) is 15.8. The van der Waals surface area contributed by atoms with Crippen LogP contribution in [-0.4, -0.2) is 38.6 Å². The third kappa shape index (κ3) is 4.47. The van der Waals surface area contributed by atoms with E-state index in [1.807, 2.05) is 4.90 Å². The van der Waals surface area contributed by atoms with E-state index in [-0.39, 0.29) is 35.2 Å². The van der Waals surface area contributed by atoms with Crippen molar-refractivity contribution < 1.29 is 13.6 Å². The number of Topliss-reactive ketones (excluding diaryl/α,β-unsaturated/α-hetero) is 1. The van der Waals surface area contributed by atoms with Gasteiger partial charge in [-0.1, -0.05) is 32.0 Å². The molecule has 8 heteroatoms. The molecule has 1 saturated heterocycles. The van der Waals surface area contributed by atoms with Gasteiger partial charge in [-0.05, 0) is 30.4 Å². The number of carbonyl (C=O) groups excluding carboxylic acids is 1. The Labute approximate surface area is 179 Å². The van der Waals surface area contributed by atoms with Crippen LogP contribution in [0.5, 0.6) is 0 Å². The van der Waals surface area contributed by atoms with Crippen molar-refractivity contribution in [2.45, 2.75) is 40.2 Å². The number of rotatable bonds is 5. The van der Waals surface area contributed by atoms with E-state index >= 15 is 0 Å². The molecular weight excluding hydrogens is 400 g/mol. The number of anilines is 1. The van der Waals surface area contributed by atoms with E-state index in [2.05, 4.69) is 28.9 Å². The predicted octanol–water partition coefficient (Wildman–Crippen LogP) is 4.50. The molecule has 0 spiro atoms. The third-order valence-corrected chi connectivity index (χ3v) is 5.79. The first-order valence-electron chi connectivity index (χ1n) is 10.3. The summed E-state index contributed by atoms with van der Waals surface area (Å²) in [5.74, 6) is -0.594. The van der Waals surface area contributed by atoms with Gasteiger partial charge in [-0.3, -0.25) is 9.48 Å². The average Bonchev–Trinajstić information content (AvgIpc) is 3.15. The van der Waals surface area contributed by atoms with E-state index in [1.165, 1.54) is 17.7 Å². The van der Waals surface area contributed by atoms with Crippen molar-refractivity contribution in [3.05, 3.63) is 59.4 Å². The molecule has 1 aromatic carbocycles. The van der Waals surface area contributed by atoms with Gasteiger partial charge in [0, 0.05) is 25.6 Å². The quantitative estimate of drug-likeness (QED) is 0.564. The molecule has 0 saturated carbocycles. The second-order valence-corrected chi connectivity index (χ2v) is 8.74. The number of carbonyl (C=O) groups is 1. The smallest absolute Gasteiger partial charge is 0.183 e. The molecule has 1 aliphatic rings. The van der Waals surface area contributed by atoms with E-state index in [1.54, 1.807) is 24.3 Å². The second-order valence-electron chi connectivity index (χ2n) is 8.74. The zero-order valence-corrected chi connectivity index (χ0v) is 17.9. The van der Waals surface area contributed by atoms with Gasteiger partial charge in [-0.15, -0.1) is 0 Å². The SMILES string of the molecule is CC(=O)c1cc(-c2ncc(F)c(N3CCC(C)(C)CC3)n2)nn1Cc1ccccc1F. The van der Waals surface area contributed by atoms with Crippen molar-refractivity contribution in [2.24, 2.45) is 5.41 Å². The number of hydrogen-bond acceptors (Lipinski definition) is 5. The molecule has 0 unspecified atom stereocenters. The molecule has 3 heterocycles. The Morgan fingerprint density at radius 1 is 1.13 bits per heavy atom. The lowest BCUT2D eigenvalue weighted by Gasteiger charge is -2.37. The molecule has 4 rings (SSSR count). The lowest BCUT2D eigenvalue weighted by Crippen LogP contribution is -2.38. The monoisotopic (exact) mass is 425 g/mol. The second kappa shape index (κ2) is 8.17. The highest BCUT2D eigenvalue weighted by Gasteiger charge is 2.28. The van der Waals surface area contributed by atoms with Crippen LogP contribution in [-0.2, 0) is 6.54 Å². The first kappa shape index (κ1) is 21.1. The number of halogens is 2. The Balaban J connectivity index is 1.67. The molecule has 1 fully saturated rings. The summed E-state index contributed by atoms with van der Waals surface area (Å²) in [6, 6.07) is 7.91. The van der Waals surface area contributed by atoms with E-state index < -0.39 is 5.82 Å². The summed E-state index contributed by atoms with van der Waals surface area (Å²) in [6.45, 7) is 7.35. The molecule has 0 N–H and O–H groups in total. The summed E-state index contributed by atoms with van der Waals surface area (Å²) in [4.78, 5) is 22.6. The van der Waals surface area contributed by atoms with E-state index in [0.717, 1.165) is 19.0 Å². The van der Waals surface area contributed by atoms with Crippen LogP contribution in [0.2, 0.25) is 0 Å². The van der Waals surface area contributed by atoms with Gasteiger partial charge in [0.05, 0.1) is 12.7 Å². The third-order valence-electron chi connectivity index (χ3n) is 5.79. The van der Waals surface area contributed by atoms with Crippen LogP contribution in [0.1, 0.15) is 49.7 Å². The number of ketones is 1. The maximum Gasteiger partial charge on any atom is 0.183 e. The number of hydrogen-bond donors (Lipinski definition) is 0. The first-order valence-corrected chi connectivity index (χ1v) is 10.3. The van der Waals surface area contributed by atoms with Crippen LogP contribution in [0.25, 0.3) is 11.5 Å². The fraction of sp³-hybridized carbons (Fsp3) is 0.391. The van der Waals surface area contributed by atoms with E-state index in [0.29, 0.717) is 30.0 Å². The molecule has 0 atom stereocenters. The lowest BCUT2D eigenvalue weighted by atomic mass is 9.83. The summed E-state index contributed by atoms with van der Waals surface area (Å²) < 4.78 is 30.1. The molecule has 0 bridgehead atoms. The molecular formula is C23H25F2N5O. The minimum absolute atomic E-state index is 0.0941. The fourth-order valence-corrected chi connectivity index (χ4v) is 3.75. The Hall–Kier alpha value is -3.16. The highest BCUT2D eigenvalue weighted by Crippen LogP contribution is 2.32. The predicted molar refractivity (Wildman–Crippen MR) is 114 cm³/mol. The molecule has 0 amide bonds. The maximum atomic E-state index is 14.5. The zero-order valence-electron chi connectivity index (χ0n) is 17.9. The van der Waals surface area contributed by atoms with Gasteiger partial charge in [-0.25, -0.2) is 18.7 Å². The molecule has 3 aromatic rings. The highest BCUT2D eigenvalue weighted by molar-refractivity contribution is 5.93. The topological polar surface area (TPSA) is 63.9 Å². The summed E-state index contributed by atoms with van der Waals surface area (Å²) in [5.41, 5.74) is 1.30. The van der Waals surface area contributed by atoms with Gasteiger partial charge in [0.15, 0.2) is 23.2 Å². The fourth-order valence-electron chi connectivity index (χ4n) is 3.75. The number of benzene rings is 1. The minimum Gasteiger partial charge on any atom is -0.354 e. The Bertz CT molecular complexity index is 1110. The number of nitrogens with zero attached hydrogens (tertiary/aromatic N) is 5. The van der Waals surface area contributed by atoms with Crippen LogP contribution < -0.4 is 4.90 Å². The van der Waals surface area contributed by atoms with Crippen LogP contribution >= 0.6 is 0 Å². The van der Waals surface area contributed by atoms with Gasteiger partial charge in [0.2, 0.25) is 0 Å². The van der Waals surface area contributed by atoms with Gasteiger partial charge in [0.25, 0.3) is 0 Å². The summed E-state index contributed by atoms with van der Waals surface area (Å²) in [5, 5.41) is 4.44. The Morgan fingerprint density at radius 2 is 1.84 bits per heavy atom. The van der Waals surface area contributed by atoms with Gasteiger partial charge < -0.3 is 4.90 Å². The van der Waals surface area contributed by atoms with Crippen molar-refractivity contribution in [1.29, 1.82) is 0 Å². The molecule has 0 aliphatic carbocycles. The molecule has 2 aromatic heterocycles. The molecule has 31 heavy (non-hydrogen) atoms. The van der Waals surface area contributed by atoms with Crippen LogP contribution in [0.15, 0.2) is 36.5 Å². The van der Waals surface area contributed by atoms with Crippen molar-refractivity contribution in [2.75, 3.05) is 18.0 Å². The number of piperidine rings is 1. The van der Waals surface area contributed by atoms with Crippen molar-refractivity contribution in [3.8, 4) is 11.5 Å². The Kier molecular flexibility index (Phi) is 5.56. The van der Waals surface area contributed by atoms with Crippen molar-refractivity contribution in [3.63, 3.8) is 0 Å². The van der Waals surface area contributed by atoms with E-state index in [4.69, 9.17) is 0 Å². The molecule has 6 nitrogen and oxygen atoms in total. The largest absolute Gasteiger partial charge is 0.354 e. The lowest BCUT2D eigenvalue weighted by molar-refractivity contribution is 0.100. The van der Waals surface area contributed by atoms with Crippen molar-refractivity contribution >= 4 is 11.6 Å². The summed E-state index contributed by atoms with van der Waals surface area (Å²) in [6.07, 6.45) is 3.02. The standard InChI is InChI=1S/C23H25F2N5O/c1-15(31)20-12-19(28-30(20)14-16-6-4-5-7-17(16)24)21-26-13-18(25)22(27-21)29-10-8-23(2,3)9-11-29/h4-7,12-13H,8-11,14H2,1-3H3. The summed E-state index contributed by atoms with van der Waals surface area (Å²) >= 11 is 0. The Morgan fingerprint density at radius 3 is 2.52 bits per heavy atom. The van der Waals surface area contributed by atoms with E-state index in [9.17, 15) is 13.6 Å². The summed E-state index contributed by atoms with van der Waals surface area (Å²) in [7, 11) is 0. The van der Waals surface area contributed by atoms with Gasteiger partial charge in [0.1, 0.15) is 17.2 Å². The zero-order chi connectivity index (χ0) is 22.2. The number of aromatic nitrogens is 4. The molecule has 1 aliphatic heterocycles. The maximum absolute atomic E-state index is 14.5. The highest BCUT2D eigenvalue weighted by atomic mass is 19.1. The van der Waals surface area contributed by atoms with Crippen LogP contribution in [0.4, 0.5) is 14.6 Å². The minimum atomic E-state index is -0.485. The van der Waals surface area contributed by atoms with Crippen LogP contribution in [0, 0.1) is 17.0 Å². The van der Waals surface area contributed by atoms with Gasteiger partial charge >= 0.3 is 0 Å². The molecule has 0 radical (unpaired) electrons. The van der Waals surface area contributed by atoms with Crippen molar-refractivity contribution in [1.82, 2.24) is 19.7 Å². The first-order chi connectivity index (χ1) is 14.7. The average molecular weight is 425 g/mol. The van der Waals surface area contributed by atoms with Crippen LogP contribution in [0.3, 0.4) is 0 Å². The molecule has 162 valence electrons. The van der Waals surface area contributed by atoms with Gasteiger partial charge in [-0.2, -0.15) is 5.10 Å².